The fourth-order valence-electron chi connectivity index (χ4n) is 0.325. The Labute approximate surface area is 41.6 Å². The zero-order valence-corrected chi connectivity index (χ0v) is 4.03. The van der Waals surface area contributed by atoms with Gasteiger partial charge in [0.05, 0.1) is 5.22 Å². The maximum absolute atomic E-state index is 4.61. The van der Waals surface area contributed by atoms with Crippen LogP contribution in [0.25, 0.3) is 0 Å². The lowest BCUT2D eigenvalue weighted by Gasteiger charge is -1.91. The molecule has 34 valence electrons. The summed E-state index contributed by atoms with van der Waals surface area (Å²) in [4.78, 5) is 0. The molecule has 0 atom stereocenters. The van der Waals surface area contributed by atoms with Gasteiger partial charge in [-0.2, -0.15) is 5.43 Å². The average molecular weight is 103 g/mol. The summed E-state index contributed by atoms with van der Waals surface area (Å²) in [5.41, 5.74) is 2.72. The molecule has 1 aliphatic heterocycles. The van der Waals surface area contributed by atoms with Crippen molar-refractivity contribution in [2.24, 2.45) is 5.22 Å². The molecule has 0 unspecified atom stereocenters. The van der Waals surface area contributed by atoms with Crippen LogP contribution in [0.3, 0.4) is 0 Å². The second-order valence-corrected chi connectivity index (χ2v) is 1.51. The summed E-state index contributed by atoms with van der Waals surface area (Å²) in [6, 6.07) is 0. The molecule has 1 N–H and O–H groups in total. The van der Waals surface area contributed by atoms with E-state index in [1.54, 1.807) is 0 Å². The standard InChI is InChI=1S/C2H5N3S/c6-5-2-1-3-4-5/h3H,1-2H2. The zero-order valence-electron chi connectivity index (χ0n) is 3.22. The molecule has 4 heteroatoms. The molecular formula is C2H5N3S. The number of rotatable bonds is 0. The summed E-state index contributed by atoms with van der Waals surface area (Å²) in [5, 5.41) is 3.63. The van der Waals surface area contributed by atoms with Crippen LogP contribution < -0.4 is 5.43 Å². The molecule has 0 fully saturated rings. The van der Waals surface area contributed by atoms with Crippen LogP contribution in [0.15, 0.2) is 5.22 Å². The number of nitrogens with one attached hydrogen (secondary N) is 1. The third-order valence-corrected chi connectivity index (χ3v) is 0.861. The highest BCUT2D eigenvalue weighted by molar-refractivity contribution is 7.51. The Bertz CT molecular complexity index is 78.9. The van der Waals surface area contributed by atoms with Gasteiger partial charge in [-0.25, -0.2) is 0 Å². The first-order valence-electron chi connectivity index (χ1n) is 1.78. The summed E-state index contributed by atoms with van der Waals surface area (Å²) in [7, 11) is 0. The van der Waals surface area contributed by atoms with Crippen molar-refractivity contribution in [3.8, 4) is 0 Å². The van der Waals surface area contributed by atoms with Crippen LogP contribution in [-0.4, -0.2) is 17.2 Å². The SMILES string of the molecule is [S-][N+]1=NNCC1. The van der Waals surface area contributed by atoms with Gasteiger partial charge in [0.1, 0.15) is 13.1 Å². The molecule has 0 bridgehead atoms. The highest BCUT2D eigenvalue weighted by atomic mass is 32.1. The maximum atomic E-state index is 4.61. The van der Waals surface area contributed by atoms with Crippen LogP contribution in [0, 0.1) is 0 Å². The Morgan fingerprint density at radius 1 is 1.83 bits per heavy atom. The predicted octanol–water partition coefficient (Wildman–Crippen LogP) is -0.569. The van der Waals surface area contributed by atoms with E-state index in [0.717, 1.165) is 13.1 Å². The van der Waals surface area contributed by atoms with Crippen LogP contribution in [-0.2, 0) is 12.8 Å². The molecule has 0 aromatic heterocycles. The second-order valence-electron chi connectivity index (χ2n) is 1.08. The molecule has 0 saturated carbocycles. The monoisotopic (exact) mass is 103 g/mol. The van der Waals surface area contributed by atoms with E-state index >= 15 is 0 Å². The van der Waals surface area contributed by atoms with Crippen molar-refractivity contribution in [3.05, 3.63) is 0 Å². The molecule has 1 heterocycles. The first kappa shape index (κ1) is 3.80. The quantitative estimate of drug-likeness (QED) is 0.328. The molecule has 3 nitrogen and oxygen atoms in total. The molecule has 6 heavy (non-hydrogen) atoms. The molecule has 1 rings (SSSR count). The lowest BCUT2D eigenvalue weighted by molar-refractivity contribution is -0.406. The Hall–Kier alpha value is -0.380. The van der Waals surface area contributed by atoms with Crippen molar-refractivity contribution in [3.63, 3.8) is 0 Å². The van der Waals surface area contributed by atoms with E-state index in [1.807, 2.05) is 0 Å². The van der Waals surface area contributed by atoms with E-state index in [2.05, 4.69) is 23.5 Å². The maximum Gasteiger partial charge on any atom is 0.142 e. The third-order valence-electron chi connectivity index (χ3n) is 0.597. The molecule has 1 aliphatic rings. The number of nitrogens with zero attached hydrogens (tertiary/aromatic N) is 2. The first-order chi connectivity index (χ1) is 2.89. The fourth-order valence-corrected chi connectivity index (χ4v) is 0.474. The van der Waals surface area contributed by atoms with Gasteiger partial charge in [-0.1, -0.05) is 0 Å². The molecule has 0 aliphatic carbocycles. The van der Waals surface area contributed by atoms with E-state index in [0.29, 0.717) is 0 Å². The van der Waals surface area contributed by atoms with Gasteiger partial charge in [-0.3, -0.25) is 4.10 Å². The predicted molar refractivity (Wildman–Crippen MR) is 22.9 cm³/mol. The zero-order chi connectivity index (χ0) is 4.41. The molecule has 0 aromatic rings. The van der Waals surface area contributed by atoms with Crippen LogP contribution >= 0.6 is 0 Å². The van der Waals surface area contributed by atoms with Crippen molar-refractivity contribution in [2.45, 2.75) is 0 Å². The molecule has 0 aromatic carbocycles. The minimum Gasteiger partial charge on any atom is -0.533 e. The smallest absolute Gasteiger partial charge is 0.142 e. The van der Waals surface area contributed by atoms with Crippen molar-refractivity contribution in [1.29, 1.82) is 0 Å². The number of hydrogen-bond acceptors (Lipinski definition) is 3. The minimum absolute atomic E-state index is 0.856. The van der Waals surface area contributed by atoms with Crippen molar-refractivity contribution < 1.29 is 4.10 Å². The van der Waals surface area contributed by atoms with Gasteiger partial charge in [-0.05, 0) is 0 Å². The number of hydrogen-bond donors (Lipinski definition) is 1. The van der Waals surface area contributed by atoms with E-state index in [4.69, 9.17) is 0 Å². The van der Waals surface area contributed by atoms with Gasteiger partial charge in [0.2, 0.25) is 0 Å². The van der Waals surface area contributed by atoms with Crippen LogP contribution in [0.2, 0.25) is 0 Å². The highest BCUT2D eigenvalue weighted by Gasteiger charge is 1.96. The Kier molecular flexibility index (Phi) is 0.874. The topological polar surface area (TPSA) is 27.4 Å². The average Bonchev–Trinajstić information content (AvgIpc) is 1.86. The summed E-state index contributed by atoms with van der Waals surface area (Å²) in [5.74, 6) is 0. The minimum atomic E-state index is 0.856. The second kappa shape index (κ2) is 1.38. The lowest BCUT2D eigenvalue weighted by atomic mass is 10.7. The third kappa shape index (κ3) is 0.567. The van der Waals surface area contributed by atoms with Crippen LogP contribution in [0.4, 0.5) is 0 Å². The van der Waals surface area contributed by atoms with Crippen molar-refractivity contribution >= 4 is 12.8 Å². The van der Waals surface area contributed by atoms with Gasteiger partial charge in [0, 0.05) is 0 Å². The van der Waals surface area contributed by atoms with Crippen molar-refractivity contribution in [2.75, 3.05) is 13.1 Å². The van der Waals surface area contributed by atoms with Crippen LogP contribution in [0.5, 0.6) is 0 Å². The molecular weight excluding hydrogens is 98.1 g/mol. The summed E-state index contributed by atoms with van der Waals surface area (Å²) < 4.78 is 1.46. The summed E-state index contributed by atoms with van der Waals surface area (Å²) in [6.07, 6.45) is 0. The van der Waals surface area contributed by atoms with Crippen LogP contribution in [0.1, 0.15) is 0 Å². The van der Waals surface area contributed by atoms with Crippen molar-refractivity contribution in [1.82, 2.24) is 5.43 Å². The molecule has 0 radical (unpaired) electrons. The van der Waals surface area contributed by atoms with Gasteiger partial charge in [-0.15, -0.1) is 0 Å². The van der Waals surface area contributed by atoms with E-state index < -0.39 is 0 Å². The van der Waals surface area contributed by atoms with Gasteiger partial charge in [0.25, 0.3) is 0 Å². The normalized spacial score (nSPS) is 19.7. The highest BCUT2D eigenvalue weighted by Crippen LogP contribution is 1.77. The van der Waals surface area contributed by atoms with E-state index in [1.165, 1.54) is 4.10 Å². The van der Waals surface area contributed by atoms with Gasteiger partial charge >= 0.3 is 0 Å². The lowest BCUT2D eigenvalue weighted by Crippen LogP contribution is -2.02. The largest absolute Gasteiger partial charge is 0.533 e. The Balaban J connectivity index is 2.45. The molecule has 0 amide bonds. The first-order valence-corrected chi connectivity index (χ1v) is 2.14. The summed E-state index contributed by atoms with van der Waals surface area (Å²) in [6.45, 7) is 1.75. The van der Waals surface area contributed by atoms with E-state index in [9.17, 15) is 0 Å². The van der Waals surface area contributed by atoms with E-state index in [-0.39, 0.29) is 0 Å². The molecule has 0 spiro atoms. The summed E-state index contributed by atoms with van der Waals surface area (Å²) >= 11 is 4.61. The molecule has 0 saturated heterocycles. The fraction of sp³-hybridized carbons (Fsp3) is 1.00. The Morgan fingerprint density at radius 3 is 2.83 bits per heavy atom. The van der Waals surface area contributed by atoms with Gasteiger partial charge < -0.3 is 12.8 Å². The Morgan fingerprint density at radius 2 is 2.67 bits per heavy atom. The van der Waals surface area contributed by atoms with Gasteiger partial charge in [0.15, 0.2) is 0 Å².